The lowest BCUT2D eigenvalue weighted by Gasteiger charge is -2.28. The monoisotopic (exact) mass is 542 g/mol. The summed E-state index contributed by atoms with van der Waals surface area (Å²) in [6.45, 7) is 6.21. The molecule has 1 saturated heterocycles. The SMILES string of the molecule is CCO[C@@H](C(=O)N1C(=O)OC[C@H]1Cc1ccccc1)c1c(C)nc2ccc(Cl)cc2c1-c1ccc(CC)cc1. The molecule has 0 radical (unpaired) electrons. The van der Waals surface area contributed by atoms with Gasteiger partial charge in [0.15, 0.2) is 6.10 Å². The Morgan fingerprint density at radius 3 is 2.51 bits per heavy atom. The summed E-state index contributed by atoms with van der Waals surface area (Å²) >= 11 is 6.44. The molecular weight excluding hydrogens is 512 g/mol. The van der Waals surface area contributed by atoms with Gasteiger partial charge in [-0.25, -0.2) is 9.69 Å². The zero-order valence-corrected chi connectivity index (χ0v) is 23.1. The third-order valence-electron chi connectivity index (χ3n) is 7.16. The van der Waals surface area contributed by atoms with Crippen LogP contribution in [-0.4, -0.2) is 41.1 Å². The maximum absolute atomic E-state index is 14.2. The van der Waals surface area contributed by atoms with Gasteiger partial charge in [0.2, 0.25) is 0 Å². The summed E-state index contributed by atoms with van der Waals surface area (Å²) in [5, 5.41) is 1.38. The van der Waals surface area contributed by atoms with E-state index in [1.807, 2.05) is 68.4 Å². The molecular formula is C32H31ClN2O4. The topological polar surface area (TPSA) is 68.7 Å². The maximum Gasteiger partial charge on any atom is 0.417 e. The first kappa shape index (κ1) is 26.9. The van der Waals surface area contributed by atoms with Crippen LogP contribution in [0.3, 0.4) is 0 Å². The minimum absolute atomic E-state index is 0.133. The fourth-order valence-corrected chi connectivity index (χ4v) is 5.42. The number of halogens is 1. The summed E-state index contributed by atoms with van der Waals surface area (Å²) in [6, 6.07) is 23.1. The third-order valence-corrected chi connectivity index (χ3v) is 7.39. The Morgan fingerprint density at radius 1 is 1.08 bits per heavy atom. The largest absolute Gasteiger partial charge is 0.447 e. The first-order valence-corrected chi connectivity index (χ1v) is 13.6. The van der Waals surface area contributed by atoms with E-state index in [-0.39, 0.29) is 13.2 Å². The van der Waals surface area contributed by atoms with Crippen LogP contribution in [0.4, 0.5) is 4.79 Å². The highest BCUT2D eigenvalue weighted by Crippen LogP contribution is 2.40. The Kier molecular flexibility index (Phi) is 7.96. The highest BCUT2D eigenvalue weighted by Gasteiger charge is 2.43. The number of benzene rings is 3. The second-order valence-electron chi connectivity index (χ2n) is 9.66. The molecule has 1 aliphatic heterocycles. The number of ether oxygens (including phenoxy) is 2. The lowest BCUT2D eigenvalue weighted by molar-refractivity contribution is -0.141. The number of hydrogen-bond donors (Lipinski definition) is 0. The standard InChI is InChI=1S/C32H31ClN2O4/c1-4-21-11-13-23(14-12-21)29-26-18-24(33)15-16-27(26)34-20(3)28(29)30(38-5-2)31(36)35-25(19-39-32(35)37)17-22-9-7-6-8-10-22/h6-16,18,25,30H,4-5,17,19H2,1-3H3/t25-,30-/m1/s1. The van der Waals surface area contributed by atoms with E-state index >= 15 is 0 Å². The molecule has 1 aliphatic rings. The van der Waals surface area contributed by atoms with Crippen molar-refractivity contribution >= 4 is 34.5 Å². The number of amides is 2. The summed E-state index contributed by atoms with van der Waals surface area (Å²) in [5.41, 5.74) is 6.00. The summed E-state index contributed by atoms with van der Waals surface area (Å²) in [7, 11) is 0. The van der Waals surface area contributed by atoms with Crippen molar-refractivity contribution in [2.24, 2.45) is 0 Å². The predicted molar refractivity (Wildman–Crippen MR) is 153 cm³/mol. The second kappa shape index (κ2) is 11.6. The lowest BCUT2D eigenvalue weighted by atomic mass is 9.90. The summed E-state index contributed by atoms with van der Waals surface area (Å²) in [4.78, 5) is 33.2. The Balaban J connectivity index is 1.65. The van der Waals surface area contributed by atoms with Crippen molar-refractivity contribution in [1.29, 1.82) is 0 Å². The molecule has 39 heavy (non-hydrogen) atoms. The molecule has 0 aliphatic carbocycles. The van der Waals surface area contributed by atoms with Gasteiger partial charge in [0.05, 0.1) is 11.6 Å². The predicted octanol–water partition coefficient (Wildman–Crippen LogP) is 7.09. The molecule has 2 amide bonds. The Bertz CT molecular complexity index is 1500. The number of nitrogens with zero attached hydrogens (tertiary/aromatic N) is 2. The Morgan fingerprint density at radius 2 is 1.82 bits per heavy atom. The molecule has 6 nitrogen and oxygen atoms in total. The number of rotatable bonds is 8. The molecule has 0 saturated carbocycles. The van der Waals surface area contributed by atoms with Gasteiger partial charge < -0.3 is 9.47 Å². The molecule has 1 aromatic heterocycles. The van der Waals surface area contributed by atoms with Gasteiger partial charge in [-0.1, -0.05) is 73.1 Å². The molecule has 4 aromatic rings. The number of hydrogen-bond acceptors (Lipinski definition) is 5. The van der Waals surface area contributed by atoms with Crippen LogP contribution in [0.15, 0.2) is 72.8 Å². The van der Waals surface area contributed by atoms with E-state index in [1.54, 1.807) is 6.07 Å². The highest BCUT2D eigenvalue weighted by atomic mass is 35.5. The van der Waals surface area contributed by atoms with Crippen molar-refractivity contribution < 1.29 is 19.1 Å². The van der Waals surface area contributed by atoms with E-state index in [9.17, 15) is 9.59 Å². The first-order chi connectivity index (χ1) is 18.9. The van der Waals surface area contributed by atoms with E-state index in [2.05, 4.69) is 19.1 Å². The fraction of sp³-hybridized carbons (Fsp3) is 0.281. The molecule has 0 spiro atoms. The molecule has 3 aromatic carbocycles. The number of pyridine rings is 1. The summed E-state index contributed by atoms with van der Waals surface area (Å²) < 4.78 is 11.5. The van der Waals surface area contributed by atoms with Crippen molar-refractivity contribution in [3.05, 3.63) is 100 Å². The van der Waals surface area contributed by atoms with Crippen LogP contribution >= 0.6 is 11.6 Å². The van der Waals surface area contributed by atoms with Crippen LogP contribution in [0.1, 0.15) is 42.3 Å². The Hall–Kier alpha value is -3.74. The number of fused-ring (bicyclic) bond motifs is 1. The van der Waals surface area contributed by atoms with Crippen molar-refractivity contribution in [3.8, 4) is 11.1 Å². The zero-order valence-electron chi connectivity index (χ0n) is 22.3. The van der Waals surface area contributed by atoms with E-state index in [0.717, 1.165) is 34.0 Å². The Labute approximate surface area is 233 Å². The first-order valence-electron chi connectivity index (χ1n) is 13.3. The zero-order chi connectivity index (χ0) is 27.5. The maximum atomic E-state index is 14.2. The van der Waals surface area contributed by atoms with Gasteiger partial charge in [0.25, 0.3) is 5.91 Å². The van der Waals surface area contributed by atoms with Crippen LogP contribution in [-0.2, 0) is 27.1 Å². The fourth-order valence-electron chi connectivity index (χ4n) is 5.25. The quantitative estimate of drug-likeness (QED) is 0.238. The molecule has 7 heteroatoms. The number of aryl methyl sites for hydroxylation is 2. The highest BCUT2D eigenvalue weighted by molar-refractivity contribution is 6.31. The smallest absolute Gasteiger partial charge is 0.417 e. The molecule has 1 fully saturated rings. The van der Waals surface area contributed by atoms with Gasteiger partial charge in [0, 0.05) is 28.3 Å². The van der Waals surface area contributed by atoms with Crippen LogP contribution in [0.2, 0.25) is 5.02 Å². The molecule has 2 heterocycles. The van der Waals surface area contributed by atoms with Crippen LogP contribution < -0.4 is 0 Å². The number of aromatic nitrogens is 1. The minimum atomic E-state index is -1.06. The second-order valence-corrected chi connectivity index (χ2v) is 10.1. The molecule has 5 rings (SSSR count). The molecule has 0 unspecified atom stereocenters. The van der Waals surface area contributed by atoms with E-state index in [1.165, 1.54) is 10.5 Å². The number of cyclic esters (lactones) is 1. The molecule has 2 atom stereocenters. The van der Waals surface area contributed by atoms with Crippen molar-refractivity contribution in [2.45, 2.75) is 45.8 Å². The minimum Gasteiger partial charge on any atom is -0.447 e. The van der Waals surface area contributed by atoms with Crippen molar-refractivity contribution in [2.75, 3.05) is 13.2 Å². The molecule has 200 valence electrons. The van der Waals surface area contributed by atoms with E-state index in [0.29, 0.717) is 22.7 Å². The van der Waals surface area contributed by atoms with E-state index in [4.69, 9.17) is 26.1 Å². The lowest BCUT2D eigenvalue weighted by Crippen LogP contribution is -2.43. The van der Waals surface area contributed by atoms with Gasteiger partial charge >= 0.3 is 6.09 Å². The number of carbonyl (C=O) groups is 2. The number of imide groups is 1. The van der Waals surface area contributed by atoms with Crippen LogP contribution in [0.25, 0.3) is 22.0 Å². The average molecular weight is 543 g/mol. The van der Waals surface area contributed by atoms with Gasteiger partial charge in [-0.05, 0) is 67.1 Å². The van der Waals surface area contributed by atoms with E-state index < -0.39 is 24.1 Å². The van der Waals surface area contributed by atoms with Crippen LogP contribution in [0, 0.1) is 6.92 Å². The summed E-state index contributed by atoms with van der Waals surface area (Å²) in [6.07, 6.45) is -0.313. The normalized spacial score (nSPS) is 15.9. The molecule has 0 N–H and O–H groups in total. The van der Waals surface area contributed by atoms with Gasteiger partial charge in [0.1, 0.15) is 6.61 Å². The van der Waals surface area contributed by atoms with Crippen LogP contribution in [0.5, 0.6) is 0 Å². The average Bonchev–Trinajstić information content (AvgIpc) is 3.31. The van der Waals surface area contributed by atoms with Crippen molar-refractivity contribution in [3.63, 3.8) is 0 Å². The summed E-state index contributed by atoms with van der Waals surface area (Å²) in [5.74, 6) is -0.460. The van der Waals surface area contributed by atoms with Crippen molar-refractivity contribution in [1.82, 2.24) is 9.88 Å². The third kappa shape index (κ3) is 5.40. The molecule has 0 bridgehead atoms. The number of carbonyl (C=O) groups excluding carboxylic acids is 2. The van der Waals surface area contributed by atoms with Gasteiger partial charge in [-0.3, -0.25) is 9.78 Å². The van der Waals surface area contributed by atoms with Gasteiger partial charge in [-0.15, -0.1) is 0 Å². The van der Waals surface area contributed by atoms with Gasteiger partial charge in [-0.2, -0.15) is 0 Å².